The van der Waals surface area contributed by atoms with Gasteiger partial charge in [0, 0.05) is 79.7 Å². The van der Waals surface area contributed by atoms with Gasteiger partial charge in [0.05, 0.1) is 57.0 Å². The van der Waals surface area contributed by atoms with Crippen molar-refractivity contribution in [2.75, 3.05) is 71.0 Å². The lowest BCUT2D eigenvalue weighted by Crippen LogP contribution is -2.45. The molecule has 0 bridgehead atoms. The van der Waals surface area contributed by atoms with Crippen molar-refractivity contribution >= 4 is 62.3 Å². The zero-order chi connectivity index (χ0) is 52.2. The Morgan fingerprint density at radius 2 is 0.973 bits per heavy atom. The SMILES string of the molecule is COc1ccc(C2=CN3C(=O)c4cc(OC)c(OCCCOc5cc6c(cc5OC)C(=O)N5C=C(c7ccc(CN)cc7)C[C@H]5C(=O)N6COCC[Si](C)(C)C)cc4N(COCC[Si](C)(C)C)C(=O)C3C2)cc1. The van der Waals surface area contributed by atoms with Crippen LogP contribution in [0.1, 0.15) is 56.7 Å². The van der Waals surface area contributed by atoms with Crippen molar-refractivity contribution in [1.82, 2.24) is 9.80 Å². The molecule has 388 valence electrons. The van der Waals surface area contributed by atoms with E-state index in [0.29, 0.717) is 79.1 Å². The summed E-state index contributed by atoms with van der Waals surface area (Å²) in [5.74, 6) is 0.800. The van der Waals surface area contributed by atoms with Gasteiger partial charge in [-0.3, -0.25) is 29.0 Å². The molecule has 73 heavy (non-hydrogen) atoms. The first kappa shape index (κ1) is 52.9. The van der Waals surface area contributed by atoms with E-state index in [1.165, 1.54) is 24.0 Å². The van der Waals surface area contributed by atoms with Gasteiger partial charge in [0.2, 0.25) is 0 Å². The van der Waals surface area contributed by atoms with Gasteiger partial charge < -0.3 is 48.7 Å². The van der Waals surface area contributed by atoms with Crippen LogP contribution in [-0.2, 0) is 25.6 Å². The summed E-state index contributed by atoms with van der Waals surface area (Å²) in [6.07, 6.45) is 4.58. The molecule has 0 spiro atoms. The molecule has 4 aliphatic heterocycles. The Morgan fingerprint density at radius 1 is 0.548 bits per heavy atom. The summed E-state index contributed by atoms with van der Waals surface area (Å²) in [5, 5.41) is 0. The third-order valence-corrected chi connectivity index (χ3v) is 16.9. The summed E-state index contributed by atoms with van der Waals surface area (Å²) >= 11 is 0. The van der Waals surface area contributed by atoms with E-state index >= 15 is 0 Å². The lowest BCUT2D eigenvalue weighted by atomic mass is 10.0. The van der Waals surface area contributed by atoms with E-state index in [2.05, 4.69) is 39.3 Å². The molecule has 4 aromatic rings. The predicted octanol–water partition coefficient (Wildman–Crippen LogP) is 8.85. The minimum absolute atomic E-state index is 0.0456. The molecule has 0 aromatic heterocycles. The van der Waals surface area contributed by atoms with Gasteiger partial charge in [-0.05, 0) is 64.2 Å². The number of ether oxygens (including phenoxy) is 7. The standard InChI is InChI=1S/C55H69N5O11Si2/c1-65-41-17-15-38(16-18-41)40-26-47-55(64)60(35-69-22-24-73(7,8)9)45-30-51(49(67-3)28-43(45)53(62)58(47)33-40)71-20-10-19-70-50-29-44-42(27-48(50)66-2)52(61)57-32-39(37-13-11-36(31-56)12-14-37)25-46(57)54(63)59(44)34-68-21-23-72(4,5)6/h11-18,27-30,32-33,46-47H,10,19-26,31,34-35,56H2,1-9H3/t46-,47?/m0/s1. The smallest absolute Gasteiger partial charge is 0.260 e. The van der Waals surface area contributed by atoms with Crippen LogP contribution >= 0.6 is 0 Å². The number of rotatable bonds is 22. The van der Waals surface area contributed by atoms with Crippen LogP contribution in [0.25, 0.3) is 11.1 Å². The highest BCUT2D eigenvalue weighted by molar-refractivity contribution is 6.76. The van der Waals surface area contributed by atoms with Crippen LogP contribution in [0.4, 0.5) is 11.4 Å². The number of fused-ring (bicyclic) bond motifs is 4. The summed E-state index contributed by atoms with van der Waals surface area (Å²) in [4.78, 5) is 64.3. The molecule has 4 aromatic carbocycles. The fraction of sp³-hybridized carbons (Fsp3) is 0.418. The number of nitrogens with zero attached hydrogens (tertiary/aromatic N) is 4. The van der Waals surface area contributed by atoms with E-state index in [-0.39, 0.29) is 61.4 Å². The summed E-state index contributed by atoms with van der Waals surface area (Å²) in [7, 11) is 1.72. The number of benzene rings is 4. The molecular weight excluding hydrogens is 963 g/mol. The average Bonchev–Trinajstić information content (AvgIpc) is 4.01. The number of carbonyl (C=O) groups excluding carboxylic acids is 4. The van der Waals surface area contributed by atoms with Crippen molar-refractivity contribution in [3.05, 3.63) is 113 Å². The number of hydrogen-bond acceptors (Lipinski definition) is 12. The zero-order valence-electron chi connectivity index (χ0n) is 43.6. The van der Waals surface area contributed by atoms with Crippen molar-refractivity contribution in [2.45, 2.75) is 89.3 Å². The molecule has 4 aliphatic rings. The fourth-order valence-electron chi connectivity index (χ4n) is 9.16. The van der Waals surface area contributed by atoms with Crippen LogP contribution in [0.2, 0.25) is 51.4 Å². The molecular formula is C55H69N5O11Si2. The Kier molecular flexibility index (Phi) is 16.2. The molecule has 18 heteroatoms. The second-order valence-electron chi connectivity index (χ2n) is 21.1. The van der Waals surface area contributed by atoms with Crippen molar-refractivity contribution in [3.63, 3.8) is 0 Å². The van der Waals surface area contributed by atoms with Crippen molar-refractivity contribution in [1.29, 1.82) is 0 Å². The van der Waals surface area contributed by atoms with E-state index in [1.807, 2.05) is 48.5 Å². The quantitative estimate of drug-likeness (QED) is 0.0587. The molecule has 1 unspecified atom stereocenters. The maximum absolute atomic E-state index is 14.6. The number of amides is 4. The van der Waals surface area contributed by atoms with Crippen LogP contribution in [-0.4, -0.2) is 123 Å². The summed E-state index contributed by atoms with van der Waals surface area (Å²) < 4.78 is 42.0. The van der Waals surface area contributed by atoms with Gasteiger partial charge >= 0.3 is 0 Å². The normalized spacial score (nSPS) is 17.6. The predicted molar refractivity (Wildman–Crippen MR) is 287 cm³/mol. The lowest BCUT2D eigenvalue weighted by molar-refractivity contribution is -0.123. The van der Waals surface area contributed by atoms with Crippen LogP contribution in [0, 0.1) is 0 Å². The van der Waals surface area contributed by atoms with Crippen molar-refractivity contribution < 1.29 is 52.3 Å². The molecule has 0 saturated heterocycles. The molecule has 8 rings (SSSR count). The third-order valence-electron chi connectivity index (χ3n) is 13.5. The van der Waals surface area contributed by atoms with E-state index in [4.69, 9.17) is 38.9 Å². The topological polar surface area (TPSA) is 172 Å². The minimum Gasteiger partial charge on any atom is -0.497 e. The fourth-order valence-corrected chi connectivity index (χ4v) is 10.7. The maximum atomic E-state index is 14.6. The van der Waals surface area contributed by atoms with Gasteiger partial charge in [0.1, 0.15) is 31.3 Å². The zero-order valence-corrected chi connectivity index (χ0v) is 45.6. The van der Waals surface area contributed by atoms with E-state index in [0.717, 1.165) is 39.9 Å². The molecule has 2 atom stereocenters. The second kappa shape index (κ2) is 22.4. The summed E-state index contributed by atoms with van der Waals surface area (Å²) in [6, 6.07) is 22.2. The first-order valence-corrected chi connectivity index (χ1v) is 32.3. The van der Waals surface area contributed by atoms with Crippen LogP contribution in [0.3, 0.4) is 0 Å². The molecule has 0 fully saturated rings. The van der Waals surface area contributed by atoms with E-state index in [9.17, 15) is 19.2 Å². The molecule has 0 saturated carbocycles. The third kappa shape index (κ3) is 11.8. The highest BCUT2D eigenvalue weighted by Crippen LogP contribution is 2.44. The van der Waals surface area contributed by atoms with Crippen LogP contribution in [0.5, 0.6) is 28.7 Å². The van der Waals surface area contributed by atoms with Gasteiger partial charge in [-0.25, -0.2) is 0 Å². The number of hydrogen-bond donors (Lipinski definition) is 1. The maximum Gasteiger partial charge on any atom is 0.260 e. The van der Waals surface area contributed by atoms with Crippen molar-refractivity contribution in [3.8, 4) is 28.7 Å². The molecule has 0 radical (unpaired) electrons. The van der Waals surface area contributed by atoms with E-state index < -0.39 is 28.2 Å². The highest BCUT2D eigenvalue weighted by atomic mass is 28.3. The Morgan fingerprint density at radius 3 is 1.36 bits per heavy atom. The molecule has 0 aliphatic carbocycles. The van der Waals surface area contributed by atoms with Gasteiger partial charge in [-0.15, -0.1) is 0 Å². The van der Waals surface area contributed by atoms with Crippen LogP contribution < -0.4 is 39.2 Å². The summed E-state index contributed by atoms with van der Waals surface area (Å²) in [6.45, 7) is 15.2. The minimum atomic E-state index is -1.45. The molecule has 16 nitrogen and oxygen atoms in total. The summed E-state index contributed by atoms with van der Waals surface area (Å²) in [5.41, 5.74) is 11.7. The number of carbonyl (C=O) groups is 4. The average molecular weight is 1030 g/mol. The van der Waals surface area contributed by atoms with Gasteiger partial charge in [-0.1, -0.05) is 75.7 Å². The van der Waals surface area contributed by atoms with Gasteiger partial charge in [-0.2, -0.15) is 0 Å². The highest BCUT2D eigenvalue weighted by Gasteiger charge is 2.45. The Balaban J connectivity index is 1.01. The number of nitrogens with two attached hydrogens (primary N) is 1. The molecule has 4 amide bonds. The lowest BCUT2D eigenvalue weighted by Gasteiger charge is -2.27. The van der Waals surface area contributed by atoms with E-state index in [1.54, 1.807) is 53.6 Å². The first-order valence-electron chi connectivity index (χ1n) is 24.9. The number of methoxy groups -OCH3 is 3. The van der Waals surface area contributed by atoms with Gasteiger partial charge in [0.25, 0.3) is 23.6 Å². The monoisotopic (exact) mass is 1030 g/mol. The largest absolute Gasteiger partial charge is 0.497 e. The Hall–Kier alpha value is -6.45. The number of anilines is 2. The Bertz CT molecular complexity index is 2580. The van der Waals surface area contributed by atoms with Crippen LogP contribution in [0.15, 0.2) is 85.2 Å². The Labute approximate surface area is 430 Å². The van der Waals surface area contributed by atoms with Gasteiger partial charge in [0.15, 0.2) is 23.0 Å². The first-order chi connectivity index (χ1) is 34.9. The second-order valence-corrected chi connectivity index (χ2v) is 32.4. The molecule has 4 heterocycles. The van der Waals surface area contributed by atoms with Crippen molar-refractivity contribution in [2.24, 2.45) is 5.73 Å². The molecule has 2 N–H and O–H groups in total.